The molecular weight excluding hydrogens is 495 g/mol. The lowest BCUT2D eigenvalue weighted by molar-refractivity contribution is 0.195. The molecule has 166 valence electrons. The Morgan fingerprint density at radius 3 is 2.70 bits per heavy atom. The lowest BCUT2D eigenvalue weighted by Crippen LogP contribution is -2.49. The number of aromatic nitrogens is 4. The van der Waals surface area contributed by atoms with E-state index in [1.54, 1.807) is 7.11 Å². The van der Waals surface area contributed by atoms with E-state index in [1.807, 2.05) is 36.9 Å². The summed E-state index contributed by atoms with van der Waals surface area (Å²) in [6, 6.07) is 6.44. The van der Waals surface area contributed by atoms with Crippen LogP contribution in [0.1, 0.15) is 30.9 Å². The predicted octanol–water partition coefficient (Wildman–Crippen LogP) is 1.88. The molecule has 30 heavy (non-hydrogen) atoms. The number of pyridine rings is 1. The molecule has 1 aliphatic heterocycles. The second-order valence-electron chi connectivity index (χ2n) is 7.25. The topological polar surface area (TPSA) is 92.5 Å². The molecule has 9 nitrogen and oxygen atoms in total. The van der Waals surface area contributed by atoms with E-state index < -0.39 is 0 Å². The van der Waals surface area contributed by atoms with Gasteiger partial charge in [-0.25, -0.2) is 9.98 Å². The van der Waals surface area contributed by atoms with Crippen LogP contribution < -0.4 is 15.5 Å². The minimum atomic E-state index is 0. The standard InChI is InChI=1S/C20H32N8O.HI/c1-16-25-26-19(27(16)2)15-23-20(22-11-6-14-29-3)24-17-8-12-28(13-9-17)18-7-4-5-10-21-18;/h4-5,7,10,17H,6,8-9,11-15H2,1-3H3,(H2,22,23,24);1H. The minimum absolute atomic E-state index is 0. The summed E-state index contributed by atoms with van der Waals surface area (Å²) in [5.74, 6) is 3.61. The first kappa shape index (κ1) is 24.3. The van der Waals surface area contributed by atoms with E-state index in [4.69, 9.17) is 9.73 Å². The molecule has 0 radical (unpaired) electrons. The van der Waals surface area contributed by atoms with Gasteiger partial charge in [-0.05, 0) is 38.3 Å². The van der Waals surface area contributed by atoms with Gasteiger partial charge in [0.05, 0.1) is 0 Å². The zero-order valence-electron chi connectivity index (χ0n) is 18.0. The minimum Gasteiger partial charge on any atom is -0.385 e. The zero-order valence-corrected chi connectivity index (χ0v) is 20.4. The predicted molar refractivity (Wildman–Crippen MR) is 129 cm³/mol. The monoisotopic (exact) mass is 528 g/mol. The van der Waals surface area contributed by atoms with E-state index in [9.17, 15) is 0 Å². The molecule has 0 unspecified atom stereocenters. The number of piperidine rings is 1. The van der Waals surface area contributed by atoms with Crippen LogP contribution in [0, 0.1) is 6.92 Å². The molecule has 0 aromatic carbocycles. The van der Waals surface area contributed by atoms with Crippen molar-refractivity contribution in [2.45, 2.75) is 38.8 Å². The third-order valence-corrected chi connectivity index (χ3v) is 5.19. The molecule has 0 saturated carbocycles. The number of aryl methyl sites for hydroxylation is 1. The fourth-order valence-electron chi connectivity index (χ4n) is 3.30. The number of rotatable bonds is 8. The summed E-state index contributed by atoms with van der Waals surface area (Å²) < 4.78 is 7.11. The molecule has 10 heteroatoms. The van der Waals surface area contributed by atoms with E-state index in [0.717, 1.165) is 68.9 Å². The Hall–Kier alpha value is -1.95. The van der Waals surface area contributed by atoms with Crippen molar-refractivity contribution in [3.8, 4) is 0 Å². The van der Waals surface area contributed by atoms with Crippen LogP contribution in [0.25, 0.3) is 0 Å². The van der Waals surface area contributed by atoms with Crippen molar-refractivity contribution in [3.63, 3.8) is 0 Å². The summed E-state index contributed by atoms with van der Waals surface area (Å²) in [4.78, 5) is 11.5. The highest BCUT2D eigenvalue weighted by Gasteiger charge is 2.21. The lowest BCUT2D eigenvalue weighted by Gasteiger charge is -2.33. The van der Waals surface area contributed by atoms with E-state index in [2.05, 4.69) is 36.8 Å². The number of methoxy groups -OCH3 is 1. The van der Waals surface area contributed by atoms with E-state index in [0.29, 0.717) is 12.6 Å². The highest BCUT2D eigenvalue weighted by molar-refractivity contribution is 14.0. The van der Waals surface area contributed by atoms with Crippen molar-refractivity contribution in [3.05, 3.63) is 36.0 Å². The molecule has 3 rings (SSSR count). The average molecular weight is 528 g/mol. The molecule has 2 N–H and O–H groups in total. The van der Waals surface area contributed by atoms with E-state index in [-0.39, 0.29) is 24.0 Å². The number of hydrogen-bond acceptors (Lipinski definition) is 6. The molecule has 0 amide bonds. The molecule has 0 aliphatic carbocycles. The number of nitrogens with one attached hydrogen (secondary N) is 2. The molecule has 0 atom stereocenters. The van der Waals surface area contributed by atoms with Crippen molar-refractivity contribution in [2.24, 2.45) is 12.0 Å². The van der Waals surface area contributed by atoms with Crippen molar-refractivity contribution < 1.29 is 4.74 Å². The van der Waals surface area contributed by atoms with E-state index in [1.165, 1.54) is 0 Å². The Labute approximate surface area is 195 Å². The first-order valence-electron chi connectivity index (χ1n) is 10.2. The summed E-state index contributed by atoms with van der Waals surface area (Å²) >= 11 is 0. The fraction of sp³-hybridized carbons (Fsp3) is 0.600. The first-order valence-corrected chi connectivity index (χ1v) is 10.2. The average Bonchev–Trinajstić information content (AvgIpc) is 3.08. The smallest absolute Gasteiger partial charge is 0.191 e. The summed E-state index contributed by atoms with van der Waals surface area (Å²) in [7, 11) is 3.69. The van der Waals surface area contributed by atoms with Gasteiger partial charge in [-0.15, -0.1) is 34.2 Å². The molecule has 1 saturated heterocycles. The van der Waals surface area contributed by atoms with Gasteiger partial charge in [0.25, 0.3) is 0 Å². The normalized spacial score (nSPS) is 15.0. The van der Waals surface area contributed by atoms with Crippen LogP contribution in [0.3, 0.4) is 0 Å². The van der Waals surface area contributed by atoms with Gasteiger partial charge in [0.2, 0.25) is 0 Å². The maximum atomic E-state index is 5.14. The quantitative estimate of drug-likeness (QED) is 0.234. The number of nitrogens with zero attached hydrogens (tertiary/aromatic N) is 6. The third-order valence-electron chi connectivity index (χ3n) is 5.19. The molecule has 3 heterocycles. The first-order chi connectivity index (χ1) is 14.2. The van der Waals surface area contributed by atoms with Crippen molar-refractivity contribution in [1.29, 1.82) is 0 Å². The number of halogens is 1. The third kappa shape index (κ3) is 7.08. The van der Waals surface area contributed by atoms with Crippen LogP contribution in [0.2, 0.25) is 0 Å². The lowest BCUT2D eigenvalue weighted by atomic mass is 10.1. The molecule has 2 aromatic rings. The van der Waals surface area contributed by atoms with Crippen LogP contribution in [-0.2, 0) is 18.3 Å². The largest absolute Gasteiger partial charge is 0.385 e. The summed E-state index contributed by atoms with van der Waals surface area (Å²) in [6.45, 7) is 5.93. The second-order valence-corrected chi connectivity index (χ2v) is 7.25. The maximum absolute atomic E-state index is 5.14. The molecular formula is C20H33IN8O. The van der Waals surface area contributed by atoms with Crippen molar-refractivity contribution in [1.82, 2.24) is 30.4 Å². The van der Waals surface area contributed by atoms with Gasteiger partial charge in [0.1, 0.15) is 18.2 Å². The van der Waals surface area contributed by atoms with Crippen LogP contribution in [0.15, 0.2) is 29.4 Å². The van der Waals surface area contributed by atoms with Gasteiger partial charge in [0.15, 0.2) is 11.8 Å². The zero-order chi connectivity index (χ0) is 20.5. The summed E-state index contributed by atoms with van der Waals surface area (Å²) in [6.07, 6.45) is 4.86. The highest BCUT2D eigenvalue weighted by Crippen LogP contribution is 2.17. The summed E-state index contributed by atoms with van der Waals surface area (Å²) in [5, 5.41) is 15.3. The molecule has 1 fully saturated rings. The fourth-order valence-corrected chi connectivity index (χ4v) is 3.30. The van der Waals surface area contributed by atoms with Crippen LogP contribution in [0.5, 0.6) is 0 Å². The van der Waals surface area contributed by atoms with Gasteiger partial charge in [-0.1, -0.05) is 6.07 Å². The van der Waals surface area contributed by atoms with Crippen LogP contribution >= 0.6 is 24.0 Å². The Morgan fingerprint density at radius 2 is 2.07 bits per heavy atom. The van der Waals surface area contributed by atoms with Crippen LogP contribution in [-0.4, -0.2) is 65.1 Å². The molecule has 0 spiro atoms. The molecule has 2 aromatic heterocycles. The number of anilines is 1. The van der Waals surface area contributed by atoms with Gasteiger partial charge in [0, 0.05) is 52.6 Å². The maximum Gasteiger partial charge on any atom is 0.191 e. The van der Waals surface area contributed by atoms with Gasteiger partial charge in [-0.3, -0.25) is 0 Å². The highest BCUT2D eigenvalue weighted by atomic mass is 127. The van der Waals surface area contributed by atoms with E-state index >= 15 is 0 Å². The Morgan fingerprint density at radius 1 is 1.27 bits per heavy atom. The van der Waals surface area contributed by atoms with Crippen molar-refractivity contribution >= 4 is 35.8 Å². The van der Waals surface area contributed by atoms with Gasteiger partial charge >= 0.3 is 0 Å². The summed E-state index contributed by atoms with van der Waals surface area (Å²) in [5.41, 5.74) is 0. The SMILES string of the molecule is COCCCNC(=NCc1nnc(C)n1C)NC1CCN(c2ccccn2)CC1.I. The van der Waals surface area contributed by atoms with Crippen molar-refractivity contribution in [2.75, 3.05) is 38.3 Å². The number of ether oxygens (including phenoxy) is 1. The number of hydrogen-bond donors (Lipinski definition) is 2. The number of aliphatic imine (C=N–C) groups is 1. The molecule has 1 aliphatic rings. The Kier molecular flexibility index (Phi) is 10.3. The van der Waals surface area contributed by atoms with Gasteiger partial charge in [-0.2, -0.15) is 0 Å². The Balaban J connectivity index is 0.00000320. The second kappa shape index (κ2) is 12.7. The Bertz CT molecular complexity index is 774. The number of guanidine groups is 1. The van der Waals surface area contributed by atoms with Gasteiger partial charge < -0.3 is 24.8 Å². The van der Waals surface area contributed by atoms with Crippen LogP contribution in [0.4, 0.5) is 5.82 Å². The molecule has 0 bridgehead atoms.